The Morgan fingerprint density at radius 2 is 2.00 bits per heavy atom. The summed E-state index contributed by atoms with van der Waals surface area (Å²) >= 11 is 0. The number of rotatable bonds is 6. The summed E-state index contributed by atoms with van der Waals surface area (Å²) in [5.41, 5.74) is 5.78. The summed E-state index contributed by atoms with van der Waals surface area (Å²) in [6, 6.07) is 4.43. The van der Waals surface area contributed by atoms with Gasteiger partial charge in [0.2, 0.25) is 10.0 Å². The molecule has 19 heavy (non-hydrogen) atoms. The number of benzene rings is 1. The second-order valence-electron chi connectivity index (χ2n) is 4.92. The van der Waals surface area contributed by atoms with Gasteiger partial charge in [0, 0.05) is 13.1 Å². The molecule has 5 N–H and O–H groups in total. The SMILES string of the molecule is CCNS(=O)(=O)c1ccc(N)c(NCC(C)(C)O)c1. The first kappa shape index (κ1) is 15.7. The highest BCUT2D eigenvalue weighted by atomic mass is 32.2. The van der Waals surface area contributed by atoms with Crippen molar-refractivity contribution in [2.24, 2.45) is 0 Å². The standard InChI is InChI=1S/C12H21N3O3S/c1-4-15-19(17,18)9-5-6-10(13)11(7-9)14-8-12(2,3)16/h5-7,14-16H,4,8,13H2,1-3H3. The zero-order valence-corrected chi connectivity index (χ0v) is 12.2. The van der Waals surface area contributed by atoms with Crippen molar-refractivity contribution >= 4 is 21.4 Å². The van der Waals surface area contributed by atoms with Crippen LogP contribution in [0.4, 0.5) is 11.4 Å². The van der Waals surface area contributed by atoms with Gasteiger partial charge in [0.05, 0.1) is 21.9 Å². The minimum Gasteiger partial charge on any atom is -0.397 e. The Labute approximate surface area is 114 Å². The van der Waals surface area contributed by atoms with Crippen molar-refractivity contribution < 1.29 is 13.5 Å². The Morgan fingerprint density at radius 3 is 2.53 bits per heavy atom. The molecule has 0 saturated carbocycles. The minimum absolute atomic E-state index is 0.141. The fourth-order valence-electron chi connectivity index (χ4n) is 1.44. The van der Waals surface area contributed by atoms with Crippen LogP contribution in [0, 0.1) is 0 Å². The van der Waals surface area contributed by atoms with Crippen LogP contribution in [-0.2, 0) is 10.0 Å². The number of nitrogen functional groups attached to an aromatic ring is 1. The van der Waals surface area contributed by atoms with Crippen molar-refractivity contribution in [3.8, 4) is 0 Å². The van der Waals surface area contributed by atoms with Gasteiger partial charge in [-0.3, -0.25) is 0 Å². The Morgan fingerprint density at radius 1 is 1.37 bits per heavy atom. The molecule has 0 aliphatic heterocycles. The molecule has 0 saturated heterocycles. The fourth-order valence-corrected chi connectivity index (χ4v) is 2.51. The smallest absolute Gasteiger partial charge is 0.240 e. The van der Waals surface area contributed by atoms with Crippen LogP contribution in [0.3, 0.4) is 0 Å². The monoisotopic (exact) mass is 287 g/mol. The quantitative estimate of drug-likeness (QED) is 0.578. The van der Waals surface area contributed by atoms with Gasteiger partial charge in [0.1, 0.15) is 0 Å². The van der Waals surface area contributed by atoms with E-state index in [1.54, 1.807) is 20.8 Å². The van der Waals surface area contributed by atoms with Gasteiger partial charge in [-0.2, -0.15) is 0 Å². The van der Waals surface area contributed by atoms with Crippen LogP contribution in [0.25, 0.3) is 0 Å². The summed E-state index contributed by atoms with van der Waals surface area (Å²) in [7, 11) is -3.51. The molecule has 0 aromatic heterocycles. The lowest BCUT2D eigenvalue weighted by molar-refractivity contribution is 0.0945. The highest BCUT2D eigenvalue weighted by Crippen LogP contribution is 2.23. The molecule has 0 radical (unpaired) electrons. The second kappa shape index (κ2) is 5.77. The lowest BCUT2D eigenvalue weighted by Gasteiger charge is -2.19. The molecule has 0 atom stereocenters. The number of sulfonamides is 1. The van der Waals surface area contributed by atoms with Crippen LogP contribution in [-0.4, -0.2) is 32.2 Å². The molecule has 7 heteroatoms. The molecule has 0 amide bonds. The summed E-state index contributed by atoms with van der Waals surface area (Å²) in [6.45, 7) is 5.59. The Kier molecular flexibility index (Phi) is 4.78. The first-order valence-electron chi connectivity index (χ1n) is 6.01. The van der Waals surface area contributed by atoms with Crippen molar-refractivity contribution in [3.05, 3.63) is 18.2 Å². The maximum absolute atomic E-state index is 11.9. The molecule has 1 rings (SSSR count). The van der Waals surface area contributed by atoms with Crippen molar-refractivity contribution in [1.82, 2.24) is 4.72 Å². The number of hydrogen-bond donors (Lipinski definition) is 4. The lowest BCUT2D eigenvalue weighted by atomic mass is 10.1. The molecule has 0 aliphatic carbocycles. The number of hydrogen-bond acceptors (Lipinski definition) is 5. The van der Waals surface area contributed by atoms with Crippen LogP contribution in [0.5, 0.6) is 0 Å². The molecular formula is C12H21N3O3S. The average Bonchev–Trinajstić information content (AvgIpc) is 2.26. The van der Waals surface area contributed by atoms with Gasteiger partial charge in [-0.15, -0.1) is 0 Å². The number of nitrogens with one attached hydrogen (secondary N) is 2. The zero-order chi connectivity index (χ0) is 14.7. The normalized spacial score (nSPS) is 12.4. The van der Waals surface area contributed by atoms with E-state index >= 15 is 0 Å². The first-order chi connectivity index (χ1) is 8.65. The maximum atomic E-state index is 11.9. The van der Waals surface area contributed by atoms with Crippen LogP contribution in [0.15, 0.2) is 23.1 Å². The Hall–Kier alpha value is -1.31. The zero-order valence-electron chi connectivity index (χ0n) is 11.4. The molecule has 1 aromatic carbocycles. The molecule has 0 spiro atoms. The van der Waals surface area contributed by atoms with Crippen molar-refractivity contribution in [1.29, 1.82) is 0 Å². The maximum Gasteiger partial charge on any atom is 0.240 e. The van der Waals surface area contributed by atoms with Crippen LogP contribution in [0.2, 0.25) is 0 Å². The number of nitrogens with two attached hydrogens (primary N) is 1. The van der Waals surface area contributed by atoms with Gasteiger partial charge in [-0.1, -0.05) is 6.92 Å². The van der Waals surface area contributed by atoms with Crippen LogP contribution < -0.4 is 15.8 Å². The van der Waals surface area contributed by atoms with Crippen molar-refractivity contribution in [2.45, 2.75) is 31.3 Å². The number of aliphatic hydroxyl groups is 1. The van der Waals surface area contributed by atoms with Gasteiger partial charge in [-0.25, -0.2) is 13.1 Å². The first-order valence-corrected chi connectivity index (χ1v) is 7.49. The van der Waals surface area contributed by atoms with E-state index in [9.17, 15) is 13.5 Å². The van der Waals surface area contributed by atoms with Crippen molar-refractivity contribution in [3.63, 3.8) is 0 Å². The van der Waals surface area contributed by atoms with Gasteiger partial charge in [0.25, 0.3) is 0 Å². The van der Waals surface area contributed by atoms with Gasteiger partial charge in [0.15, 0.2) is 0 Å². The highest BCUT2D eigenvalue weighted by molar-refractivity contribution is 7.89. The Bertz CT molecular complexity index is 536. The summed E-state index contributed by atoms with van der Waals surface area (Å²) < 4.78 is 26.1. The topological polar surface area (TPSA) is 104 Å². The minimum atomic E-state index is -3.51. The fraction of sp³-hybridized carbons (Fsp3) is 0.500. The number of anilines is 2. The molecule has 108 valence electrons. The van der Waals surface area contributed by atoms with E-state index in [0.717, 1.165) is 0 Å². The molecule has 0 unspecified atom stereocenters. The summed E-state index contributed by atoms with van der Waals surface area (Å²) in [5.74, 6) is 0. The molecule has 0 heterocycles. The molecule has 0 fully saturated rings. The van der Waals surface area contributed by atoms with Gasteiger partial charge < -0.3 is 16.2 Å². The van der Waals surface area contributed by atoms with E-state index in [1.165, 1.54) is 18.2 Å². The van der Waals surface area contributed by atoms with E-state index < -0.39 is 15.6 Å². The van der Waals surface area contributed by atoms with Crippen LogP contribution in [0.1, 0.15) is 20.8 Å². The summed E-state index contributed by atoms with van der Waals surface area (Å²) in [5, 5.41) is 12.6. The van der Waals surface area contributed by atoms with E-state index in [4.69, 9.17) is 5.73 Å². The summed E-state index contributed by atoms with van der Waals surface area (Å²) in [4.78, 5) is 0.141. The second-order valence-corrected chi connectivity index (χ2v) is 6.68. The average molecular weight is 287 g/mol. The molecule has 6 nitrogen and oxygen atoms in total. The third-order valence-corrected chi connectivity index (χ3v) is 3.92. The van der Waals surface area contributed by atoms with Crippen LogP contribution >= 0.6 is 0 Å². The third-order valence-electron chi connectivity index (χ3n) is 2.38. The largest absolute Gasteiger partial charge is 0.397 e. The summed E-state index contributed by atoms with van der Waals surface area (Å²) in [6.07, 6.45) is 0. The molecular weight excluding hydrogens is 266 g/mol. The van der Waals surface area contributed by atoms with E-state index in [1.807, 2.05) is 0 Å². The van der Waals surface area contributed by atoms with Gasteiger partial charge >= 0.3 is 0 Å². The van der Waals surface area contributed by atoms with Crippen molar-refractivity contribution in [2.75, 3.05) is 24.1 Å². The lowest BCUT2D eigenvalue weighted by Crippen LogP contribution is -2.29. The van der Waals surface area contributed by atoms with Gasteiger partial charge in [-0.05, 0) is 32.0 Å². The predicted molar refractivity (Wildman–Crippen MR) is 76.5 cm³/mol. The molecule has 0 bridgehead atoms. The third kappa shape index (κ3) is 4.70. The molecule has 0 aliphatic rings. The predicted octanol–water partition coefficient (Wildman–Crippen LogP) is 0.750. The Balaban J connectivity index is 3.01. The van der Waals surface area contributed by atoms with E-state index in [0.29, 0.717) is 17.9 Å². The highest BCUT2D eigenvalue weighted by Gasteiger charge is 2.16. The van der Waals surface area contributed by atoms with E-state index in [2.05, 4.69) is 10.0 Å². The van der Waals surface area contributed by atoms with E-state index in [-0.39, 0.29) is 11.4 Å². The molecule has 1 aromatic rings.